The number of carbonyl (C=O) groups excluding carboxylic acids is 13. The molecule has 2 aromatic rings. The molecule has 12 unspecified atom stereocenters. The Hall–Kier alpha value is -8.73. The molecule has 2 aromatic carbocycles. The predicted octanol–water partition coefficient (Wildman–Crippen LogP) is 3.97. The van der Waals surface area contributed by atoms with Crippen LogP contribution in [-0.4, -0.2) is 311 Å². The molecular formula is C84H141Cl2N15O18. The number of aliphatic hydroxyl groups excluding tert-OH is 3. The number of nitrogens with one attached hydrogen (secondary N) is 8. The number of anilines is 2. The van der Waals surface area contributed by atoms with E-state index in [4.69, 9.17) is 10.2 Å². The summed E-state index contributed by atoms with van der Waals surface area (Å²) >= 11 is 0. The Kier molecular flexibility index (Phi) is 46.5. The van der Waals surface area contributed by atoms with E-state index in [0.717, 1.165) is 9.80 Å². The maximum Gasteiger partial charge on any atom is 0.246 e. The molecule has 0 spiro atoms. The molecule has 119 heavy (non-hydrogen) atoms. The summed E-state index contributed by atoms with van der Waals surface area (Å²) in [6.07, 6.45) is 3.04. The van der Waals surface area contributed by atoms with Crippen LogP contribution in [-0.2, 0) is 52.7 Å². The summed E-state index contributed by atoms with van der Waals surface area (Å²) < 4.78 is 0. The summed E-state index contributed by atoms with van der Waals surface area (Å²) in [6.45, 7) is 32.1. The molecule has 2 aliphatic rings. The molecule has 0 radical (unpaired) electrons. The molecular weight excluding hydrogens is 1580 g/mol. The number of aromatic hydroxyl groups is 2. The van der Waals surface area contributed by atoms with Crippen LogP contribution in [0.2, 0.25) is 0 Å². The highest BCUT2D eigenvalue weighted by Crippen LogP contribution is 2.43. The van der Waals surface area contributed by atoms with Crippen LogP contribution in [0, 0.1) is 41.4 Å². The highest BCUT2D eigenvalue weighted by molar-refractivity contribution is 6.33. The summed E-state index contributed by atoms with van der Waals surface area (Å²) in [5.41, 5.74) is 0.678. The largest absolute Gasteiger partial charge is 0.507 e. The first kappa shape index (κ1) is 108. The third-order valence-corrected chi connectivity index (χ3v) is 21.2. The monoisotopic (exact) mass is 1720 g/mol. The zero-order chi connectivity index (χ0) is 89.1. The van der Waals surface area contributed by atoms with Gasteiger partial charge in [0.05, 0.1) is 48.1 Å². The van der Waals surface area contributed by atoms with E-state index in [1.165, 1.54) is 99.8 Å². The number of nitrogens with zero attached hydrogens (tertiary/aromatic N) is 7. The van der Waals surface area contributed by atoms with E-state index in [2.05, 4.69) is 42.5 Å². The van der Waals surface area contributed by atoms with Crippen molar-refractivity contribution < 1.29 is 87.9 Å². The van der Waals surface area contributed by atoms with E-state index in [0.29, 0.717) is 57.1 Å². The van der Waals surface area contributed by atoms with Crippen LogP contribution < -0.4 is 42.5 Å². The van der Waals surface area contributed by atoms with E-state index in [-0.39, 0.29) is 128 Å². The molecule has 0 saturated carbocycles. The summed E-state index contributed by atoms with van der Waals surface area (Å²) in [5.74, 6) is -11.6. The Bertz CT molecular complexity index is 3690. The van der Waals surface area contributed by atoms with Gasteiger partial charge >= 0.3 is 0 Å². The molecule has 11 amide bonds. The number of ketones is 2. The zero-order valence-corrected chi connectivity index (χ0v) is 76.1. The van der Waals surface area contributed by atoms with Gasteiger partial charge in [-0.1, -0.05) is 109 Å². The van der Waals surface area contributed by atoms with Gasteiger partial charge in [-0.25, -0.2) is 0 Å². The minimum Gasteiger partial charge on any atom is -0.507 e. The molecule has 0 aromatic heterocycles. The van der Waals surface area contributed by atoms with Crippen LogP contribution in [0.15, 0.2) is 36.4 Å². The van der Waals surface area contributed by atoms with Gasteiger partial charge < -0.3 is 102 Å². The maximum atomic E-state index is 15.1. The number of phenolic OH excluding ortho intramolecular Hbond substituents is 2. The average Bonchev–Trinajstić information content (AvgIpc) is 0.730. The summed E-state index contributed by atoms with van der Waals surface area (Å²) in [7, 11) is 9.92. The van der Waals surface area contributed by atoms with Gasteiger partial charge in [-0.05, 0) is 125 Å². The van der Waals surface area contributed by atoms with Crippen molar-refractivity contribution in [2.45, 2.75) is 223 Å². The zero-order valence-electron chi connectivity index (χ0n) is 74.5. The molecule has 0 bridgehead atoms. The van der Waals surface area contributed by atoms with Crippen molar-refractivity contribution in [3.63, 3.8) is 0 Å². The Labute approximate surface area is 716 Å². The number of allylic oxidation sites excluding steroid dienone is 2. The Morgan fingerprint density at radius 2 is 0.849 bits per heavy atom. The van der Waals surface area contributed by atoms with Crippen LogP contribution in [0.1, 0.15) is 188 Å². The second-order valence-corrected chi connectivity index (χ2v) is 33.3. The number of aliphatic hydroxyl groups is 3. The number of fused-ring (bicyclic) bond motifs is 2. The lowest BCUT2D eigenvalue weighted by Gasteiger charge is -2.41. The van der Waals surface area contributed by atoms with Gasteiger partial charge in [0, 0.05) is 100.0 Å². The van der Waals surface area contributed by atoms with Crippen molar-refractivity contribution >= 4 is 113 Å². The Morgan fingerprint density at radius 1 is 0.445 bits per heavy atom. The van der Waals surface area contributed by atoms with Gasteiger partial charge in [0.1, 0.15) is 71.9 Å². The summed E-state index contributed by atoms with van der Waals surface area (Å²) in [4.78, 5) is 195. The van der Waals surface area contributed by atoms with E-state index in [1.807, 2.05) is 61.5 Å². The fourth-order valence-electron chi connectivity index (χ4n) is 14.3. The summed E-state index contributed by atoms with van der Waals surface area (Å²) in [5, 5.41) is 73.6. The molecule has 12 atom stereocenters. The molecule has 4 rings (SSSR count). The standard InChI is InChI=1S/C62H111N11O12.C22H28N4O6.2ClH/c1-25-27-28-40(15)52(75)51-56(79)65-43(26-2)58(81)67(18)33-48(74)68(19)44(29-34(3)4)55(78)66-49(38(11)12)61(84)69(20)45(30-35(5)6)54(77)63-41(16)53(76)64-42(17)57(80)70(21)46(31-36(7)8)59(82)71(22)47(32-37(9)10)60(83)72(23)50(39(13)14)62(85)73(51)24;27-11-9-23-5-7-25-13-1-2-14(26-8-6-24-10-12-28)18-17(13)21(31)19-15(29)3-4-16(30)20(19)22(18)32;;/h25,27,34-47,49-52,75H,26,28-33H2,1-24H3,(H,63,77)(H,64,76)(H,65,79)(H,66,78);1-4,23-30H,5-12H2;2*1H. The van der Waals surface area contributed by atoms with Crippen LogP contribution in [0.3, 0.4) is 0 Å². The molecule has 35 heteroatoms. The van der Waals surface area contributed by atoms with Gasteiger partial charge in [0.25, 0.3) is 0 Å². The number of benzene rings is 2. The maximum absolute atomic E-state index is 15.1. The van der Waals surface area contributed by atoms with Gasteiger partial charge in [-0.15, -0.1) is 24.8 Å². The number of hydrogen-bond acceptors (Lipinski definition) is 22. The summed E-state index contributed by atoms with van der Waals surface area (Å²) in [6, 6.07) is -6.59. The fraction of sp³-hybridized carbons (Fsp3) is 0.679. The van der Waals surface area contributed by atoms with Crippen molar-refractivity contribution in [1.29, 1.82) is 0 Å². The lowest BCUT2D eigenvalue weighted by molar-refractivity contribution is -0.157. The number of carbonyl (C=O) groups is 13. The minimum atomic E-state index is -1.61. The first-order valence-corrected chi connectivity index (χ1v) is 41.0. The topological polar surface area (TPSA) is 442 Å². The van der Waals surface area contributed by atoms with Crippen LogP contribution in [0.5, 0.6) is 11.5 Å². The van der Waals surface area contributed by atoms with Crippen molar-refractivity contribution in [3.8, 4) is 11.5 Å². The van der Waals surface area contributed by atoms with E-state index < -0.39 is 167 Å². The molecule has 1 heterocycles. The number of halogens is 2. The van der Waals surface area contributed by atoms with Crippen molar-refractivity contribution in [2.24, 2.45) is 41.4 Å². The van der Waals surface area contributed by atoms with Crippen molar-refractivity contribution in [3.05, 3.63) is 58.7 Å². The van der Waals surface area contributed by atoms with Crippen LogP contribution in [0.4, 0.5) is 11.4 Å². The van der Waals surface area contributed by atoms with Crippen LogP contribution >= 0.6 is 24.8 Å². The molecule has 674 valence electrons. The lowest BCUT2D eigenvalue weighted by Crippen LogP contribution is -2.63. The number of amides is 11. The van der Waals surface area contributed by atoms with Gasteiger partial charge in [0.15, 0.2) is 0 Å². The van der Waals surface area contributed by atoms with Crippen molar-refractivity contribution in [1.82, 2.24) is 66.2 Å². The smallest absolute Gasteiger partial charge is 0.246 e. The molecule has 1 aliphatic carbocycles. The number of rotatable bonds is 27. The van der Waals surface area contributed by atoms with E-state index in [1.54, 1.807) is 66.7 Å². The number of hydrogen-bond donors (Lipinski definition) is 13. The van der Waals surface area contributed by atoms with Gasteiger partial charge in [-0.2, -0.15) is 0 Å². The lowest BCUT2D eigenvalue weighted by atomic mass is 9.81. The fourth-order valence-corrected chi connectivity index (χ4v) is 14.3. The third kappa shape index (κ3) is 29.8. The van der Waals surface area contributed by atoms with Gasteiger partial charge in [0.2, 0.25) is 76.5 Å². The minimum absolute atomic E-state index is 0. The molecule has 33 nitrogen and oxygen atoms in total. The number of phenols is 2. The number of likely N-dealkylation sites (N-methyl/N-ethyl adjacent to an activating group) is 7. The highest BCUT2D eigenvalue weighted by Gasteiger charge is 2.47. The SMILES string of the molecule is CC=CCC(C)C(O)C1C(=O)NC(CC)C(=O)N(C)CC(=O)N(C)C(CC(C)C)C(=O)NC(C(C)C)C(=O)N(C)C(CC(C)C)C(=O)NC(C)C(=O)NC(C)C(=O)N(C)C(CC(C)C)C(=O)N(C)C(CC(C)C)C(=O)N(C)C(C(C)C)C(=O)N1C.Cl.Cl.O=C1c2c(O)ccc(O)c2C(=O)c2c(NCCNCCO)ccc(NCCNCCO)c21. The first-order valence-electron chi connectivity index (χ1n) is 41.0. The van der Waals surface area contributed by atoms with Crippen LogP contribution in [0.25, 0.3) is 0 Å². The Balaban J connectivity index is 0.00000172. The highest BCUT2D eigenvalue weighted by atomic mass is 35.5. The molecule has 1 saturated heterocycles. The second kappa shape index (κ2) is 51.1. The average molecular weight is 1720 g/mol. The Morgan fingerprint density at radius 3 is 1.27 bits per heavy atom. The van der Waals surface area contributed by atoms with E-state index >= 15 is 9.59 Å². The van der Waals surface area contributed by atoms with E-state index in [9.17, 15) is 68.1 Å². The molecule has 1 fully saturated rings. The molecule has 1 aliphatic heterocycles. The van der Waals surface area contributed by atoms with Gasteiger partial charge in [-0.3, -0.25) is 62.3 Å². The third-order valence-electron chi connectivity index (χ3n) is 21.2. The predicted molar refractivity (Wildman–Crippen MR) is 463 cm³/mol. The quantitative estimate of drug-likeness (QED) is 0.0292. The second-order valence-electron chi connectivity index (χ2n) is 33.3. The van der Waals surface area contributed by atoms with Crippen molar-refractivity contribution in [2.75, 3.05) is 119 Å². The molecule has 13 N–H and O–H groups in total. The normalized spacial score (nSPS) is 22.6. The first-order chi connectivity index (χ1) is 54.7.